The van der Waals surface area contributed by atoms with E-state index in [1.165, 1.54) is 19.3 Å². The molecule has 1 N–H and O–H groups in total. The third kappa shape index (κ3) is 1.72. The van der Waals surface area contributed by atoms with E-state index in [0.717, 1.165) is 12.3 Å². The van der Waals surface area contributed by atoms with Crippen LogP contribution in [-0.2, 0) is 0 Å². The van der Waals surface area contributed by atoms with Crippen molar-refractivity contribution >= 4 is 0 Å². The second kappa shape index (κ2) is 3.38. The smallest absolute Gasteiger partial charge is 0.0566 e. The molecule has 0 heterocycles. The van der Waals surface area contributed by atoms with Crippen LogP contribution >= 0.6 is 0 Å². The highest BCUT2D eigenvalue weighted by Gasteiger charge is 2.24. The summed E-state index contributed by atoms with van der Waals surface area (Å²) in [4.78, 5) is 0. The van der Waals surface area contributed by atoms with Gasteiger partial charge in [0.25, 0.3) is 0 Å². The largest absolute Gasteiger partial charge is 0.393 e. The number of hydrogen-bond acceptors (Lipinski definition) is 1. The van der Waals surface area contributed by atoms with Gasteiger partial charge in [-0.1, -0.05) is 20.3 Å². The summed E-state index contributed by atoms with van der Waals surface area (Å²) in [5.74, 6) is 1.43. The molecule has 1 saturated carbocycles. The molecule has 0 spiro atoms. The molecule has 0 aromatic carbocycles. The highest BCUT2D eigenvalue weighted by molar-refractivity contribution is 4.75. The molecule has 0 radical (unpaired) electrons. The van der Waals surface area contributed by atoms with Crippen molar-refractivity contribution in [2.45, 2.75) is 45.6 Å². The fraction of sp³-hybridized carbons (Fsp3) is 1.00. The fourth-order valence-electron chi connectivity index (χ4n) is 1.86. The lowest BCUT2D eigenvalue weighted by Gasteiger charge is -2.30. The zero-order chi connectivity index (χ0) is 7.56. The van der Waals surface area contributed by atoms with Crippen LogP contribution in [0.4, 0.5) is 0 Å². The minimum Gasteiger partial charge on any atom is -0.393 e. The van der Waals surface area contributed by atoms with Gasteiger partial charge in [-0.05, 0) is 31.1 Å². The maximum absolute atomic E-state index is 9.39. The molecule has 3 atom stereocenters. The average molecular weight is 142 g/mol. The van der Waals surface area contributed by atoms with Crippen molar-refractivity contribution in [1.82, 2.24) is 0 Å². The Labute approximate surface area is 63.4 Å². The monoisotopic (exact) mass is 142 g/mol. The fourth-order valence-corrected chi connectivity index (χ4v) is 1.86. The normalized spacial score (nSPS) is 41.7. The van der Waals surface area contributed by atoms with E-state index in [2.05, 4.69) is 13.8 Å². The molecule has 1 aliphatic carbocycles. The van der Waals surface area contributed by atoms with Crippen molar-refractivity contribution in [1.29, 1.82) is 0 Å². The SMILES string of the molecule is CC[C@@H]1CC[C@H](O)[C@H](C)C1. The van der Waals surface area contributed by atoms with Crippen LogP contribution in [0.5, 0.6) is 0 Å². The first-order valence-electron chi connectivity index (χ1n) is 4.42. The van der Waals surface area contributed by atoms with Gasteiger partial charge in [0.1, 0.15) is 0 Å². The minimum absolute atomic E-state index is 0.0113. The Kier molecular flexibility index (Phi) is 2.72. The van der Waals surface area contributed by atoms with E-state index >= 15 is 0 Å². The van der Waals surface area contributed by atoms with E-state index < -0.39 is 0 Å². The standard InChI is InChI=1S/C9H18O/c1-3-8-4-5-9(10)7(2)6-8/h7-10H,3-6H2,1-2H3/t7-,8-,9+/m1/s1. The van der Waals surface area contributed by atoms with E-state index in [9.17, 15) is 5.11 Å². The van der Waals surface area contributed by atoms with Crippen LogP contribution in [-0.4, -0.2) is 11.2 Å². The van der Waals surface area contributed by atoms with Crippen LogP contribution in [0.25, 0.3) is 0 Å². The molecule has 0 unspecified atom stereocenters. The predicted octanol–water partition coefficient (Wildman–Crippen LogP) is 2.19. The van der Waals surface area contributed by atoms with Gasteiger partial charge in [-0.25, -0.2) is 0 Å². The molecular formula is C9H18O. The topological polar surface area (TPSA) is 20.2 Å². The van der Waals surface area contributed by atoms with Crippen molar-refractivity contribution in [3.63, 3.8) is 0 Å². The lowest BCUT2D eigenvalue weighted by atomic mass is 9.79. The molecule has 0 amide bonds. The van der Waals surface area contributed by atoms with Gasteiger partial charge in [-0.2, -0.15) is 0 Å². The Balaban J connectivity index is 2.33. The molecule has 10 heavy (non-hydrogen) atoms. The molecule has 60 valence electrons. The van der Waals surface area contributed by atoms with Crippen LogP contribution in [0.1, 0.15) is 39.5 Å². The van der Waals surface area contributed by atoms with Crippen LogP contribution in [0.3, 0.4) is 0 Å². The zero-order valence-electron chi connectivity index (χ0n) is 7.01. The summed E-state index contributed by atoms with van der Waals surface area (Å²) in [6, 6.07) is 0. The van der Waals surface area contributed by atoms with Gasteiger partial charge in [0.15, 0.2) is 0 Å². The average Bonchev–Trinajstić information content (AvgIpc) is 1.95. The molecule has 0 saturated heterocycles. The molecule has 1 aliphatic rings. The Morgan fingerprint density at radius 3 is 2.60 bits per heavy atom. The highest BCUT2D eigenvalue weighted by atomic mass is 16.3. The first-order valence-corrected chi connectivity index (χ1v) is 4.42. The van der Waals surface area contributed by atoms with Crippen molar-refractivity contribution < 1.29 is 5.11 Å². The van der Waals surface area contributed by atoms with Crippen molar-refractivity contribution in [2.75, 3.05) is 0 Å². The molecule has 0 aromatic rings. The summed E-state index contributed by atoms with van der Waals surface area (Å²) in [5.41, 5.74) is 0. The Morgan fingerprint density at radius 1 is 1.40 bits per heavy atom. The van der Waals surface area contributed by atoms with E-state index in [-0.39, 0.29) is 6.10 Å². The van der Waals surface area contributed by atoms with Crippen molar-refractivity contribution in [2.24, 2.45) is 11.8 Å². The first kappa shape index (κ1) is 8.06. The zero-order valence-corrected chi connectivity index (χ0v) is 7.01. The Bertz CT molecular complexity index is 101. The Morgan fingerprint density at radius 2 is 2.10 bits per heavy atom. The van der Waals surface area contributed by atoms with Crippen LogP contribution in [0.15, 0.2) is 0 Å². The summed E-state index contributed by atoms with van der Waals surface area (Å²) in [6.07, 6.45) is 4.78. The van der Waals surface area contributed by atoms with E-state index in [1.807, 2.05) is 0 Å². The van der Waals surface area contributed by atoms with Crippen molar-refractivity contribution in [3.8, 4) is 0 Å². The summed E-state index contributed by atoms with van der Waals surface area (Å²) in [5, 5.41) is 9.39. The van der Waals surface area contributed by atoms with Gasteiger partial charge < -0.3 is 5.11 Å². The van der Waals surface area contributed by atoms with E-state index in [1.54, 1.807) is 0 Å². The van der Waals surface area contributed by atoms with Gasteiger partial charge in [-0.15, -0.1) is 0 Å². The third-order valence-corrected chi connectivity index (χ3v) is 2.81. The number of aliphatic hydroxyl groups is 1. The molecule has 1 heteroatoms. The van der Waals surface area contributed by atoms with E-state index in [4.69, 9.17) is 0 Å². The molecule has 0 bridgehead atoms. The van der Waals surface area contributed by atoms with Crippen LogP contribution in [0, 0.1) is 11.8 Å². The lowest BCUT2D eigenvalue weighted by molar-refractivity contribution is 0.0565. The third-order valence-electron chi connectivity index (χ3n) is 2.81. The number of aliphatic hydroxyl groups excluding tert-OH is 1. The molecule has 1 nitrogen and oxygen atoms in total. The second-order valence-corrected chi connectivity index (χ2v) is 3.63. The first-order chi connectivity index (χ1) is 4.74. The van der Waals surface area contributed by atoms with Crippen molar-refractivity contribution in [3.05, 3.63) is 0 Å². The maximum atomic E-state index is 9.39. The lowest BCUT2D eigenvalue weighted by Crippen LogP contribution is -2.26. The predicted molar refractivity (Wildman–Crippen MR) is 42.8 cm³/mol. The Hall–Kier alpha value is -0.0400. The maximum Gasteiger partial charge on any atom is 0.0566 e. The highest BCUT2D eigenvalue weighted by Crippen LogP contribution is 2.30. The number of hydrogen-bond donors (Lipinski definition) is 1. The summed E-state index contributed by atoms with van der Waals surface area (Å²) in [7, 11) is 0. The quantitative estimate of drug-likeness (QED) is 0.595. The van der Waals surface area contributed by atoms with Gasteiger partial charge in [-0.3, -0.25) is 0 Å². The number of rotatable bonds is 1. The minimum atomic E-state index is -0.0113. The molecule has 1 fully saturated rings. The molecule has 1 rings (SSSR count). The van der Waals surface area contributed by atoms with Crippen LogP contribution in [0.2, 0.25) is 0 Å². The molecule has 0 aromatic heterocycles. The van der Waals surface area contributed by atoms with E-state index in [0.29, 0.717) is 5.92 Å². The van der Waals surface area contributed by atoms with Gasteiger partial charge in [0.2, 0.25) is 0 Å². The second-order valence-electron chi connectivity index (χ2n) is 3.63. The van der Waals surface area contributed by atoms with Gasteiger partial charge >= 0.3 is 0 Å². The molecular weight excluding hydrogens is 124 g/mol. The summed E-state index contributed by atoms with van der Waals surface area (Å²) in [6.45, 7) is 4.40. The van der Waals surface area contributed by atoms with Crippen LogP contribution < -0.4 is 0 Å². The molecule has 0 aliphatic heterocycles. The van der Waals surface area contributed by atoms with Gasteiger partial charge in [0.05, 0.1) is 6.10 Å². The summed E-state index contributed by atoms with van der Waals surface area (Å²) >= 11 is 0. The summed E-state index contributed by atoms with van der Waals surface area (Å²) < 4.78 is 0. The van der Waals surface area contributed by atoms with Gasteiger partial charge in [0, 0.05) is 0 Å².